The van der Waals surface area contributed by atoms with Gasteiger partial charge in [0.1, 0.15) is 0 Å². The molecule has 0 bridgehead atoms. The maximum Gasteiger partial charge on any atom is 0.253 e. The van der Waals surface area contributed by atoms with E-state index in [1.54, 1.807) is 4.90 Å². The minimum Gasteiger partial charge on any atom is -0.388 e. The second-order valence-corrected chi connectivity index (χ2v) is 3.84. The molecule has 1 amide bonds. The van der Waals surface area contributed by atoms with Gasteiger partial charge in [-0.05, 0) is 38.1 Å². The van der Waals surface area contributed by atoms with Gasteiger partial charge in [-0.1, -0.05) is 0 Å². The van der Waals surface area contributed by atoms with Crippen LogP contribution in [0.25, 0.3) is 0 Å². The second-order valence-electron chi connectivity index (χ2n) is 3.84. The highest BCUT2D eigenvalue weighted by molar-refractivity contribution is 5.94. The minimum absolute atomic E-state index is 0.0626. The van der Waals surface area contributed by atoms with Crippen LogP contribution >= 0.6 is 0 Å². The Labute approximate surface area is 91.1 Å². The van der Waals surface area contributed by atoms with Crippen molar-refractivity contribution in [2.75, 3.05) is 19.4 Å². The maximum absolute atomic E-state index is 11.9. The van der Waals surface area contributed by atoms with Gasteiger partial charge in [-0.15, -0.1) is 0 Å². The number of hydrogen-bond acceptors (Lipinski definition) is 2. The van der Waals surface area contributed by atoms with E-state index in [-0.39, 0.29) is 11.9 Å². The fourth-order valence-corrected chi connectivity index (χ4v) is 1.22. The molecule has 0 spiro atoms. The molecule has 0 heterocycles. The van der Waals surface area contributed by atoms with Crippen LogP contribution in [0.5, 0.6) is 0 Å². The first-order chi connectivity index (χ1) is 7.06. The standard InChI is InChI=1S/C12H18N2O/c1-9(2)14(4)12(15)10-5-7-11(13-3)8-6-10/h5-9,13H,1-4H3. The molecule has 0 aliphatic rings. The van der Waals surface area contributed by atoms with Crippen LogP contribution in [0.2, 0.25) is 0 Å². The fraction of sp³-hybridized carbons (Fsp3) is 0.417. The van der Waals surface area contributed by atoms with Crippen LogP contribution in [0.15, 0.2) is 24.3 Å². The van der Waals surface area contributed by atoms with Crippen LogP contribution in [-0.2, 0) is 0 Å². The van der Waals surface area contributed by atoms with Crippen LogP contribution in [0.1, 0.15) is 24.2 Å². The number of benzene rings is 1. The summed E-state index contributed by atoms with van der Waals surface area (Å²) in [6.45, 7) is 4.00. The summed E-state index contributed by atoms with van der Waals surface area (Å²) in [4.78, 5) is 13.6. The molecule has 0 aliphatic carbocycles. The summed E-state index contributed by atoms with van der Waals surface area (Å²) < 4.78 is 0. The normalized spacial score (nSPS) is 10.2. The highest BCUT2D eigenvalue weighted by atomic mass is 16.2. The van der Waals surface area contributed by atoms with E-state index in [0.29, 0.717) is 0 Å². The van der Waals surface area contributed by atoms with Crippen LogP contribution in [0.4, 0.5) is 5.69 Å². The van der Waals surface area contributed by atoms with Gasteiger partial charge in [0.25, 0.3) is 5.91 Å². The maximum atomic E-state index is 11.9. The Morgan fingerprint density at radius 2 is 1.80 bits per heavy atom. The molecule has 1 aromatic carbocycles. The van der Waals surface area contributed by atoms with E-state index in [4.69, 9.17) is 0 Å². The zero-order valence-corrected chi connectivity index (χ0v) is 9.74. The number of hydrogen-bond donors (Lipinski definition) is 1. The summed E-state index contributed by atoms with van der Waals surface area (Å²) in [5, 5.41) is 3.02. The molecule has 0 unspecified atom stereocenters. The third-order valence-corrected chi connectivity index (χ3v) is 2.52. The van der Waals surface area contributed by atoms with Crippen molar-refractivity contribution in [3.05, 3.63) is 29.8 Å². The topological polar surface area (TPSA) is 32.3 Å². The molecule has 3 heteroatoms. The van der Waals surface area contributed by atoms with Gasteiger partial charge in [-0.3, -0.25) is 4.79 Å². The predicted octanol–water partition coefficient (Wildman–Crippen LogP) is 2.21. The summed E-state index contributed by atoms with van der Waals surface area (Å²) in [7, 11) is 3.68. The van der Waals surface area contributed by atoms with Crippen LogP contribution < -0.4 is 5.32 Å². The number of rotatable bonds is 3. The molecule has 0 saturated carbocycles. The average molecular weight is 206 g/mol. The molecule has 0 aromatic heterocycles. The van der Waals surface area contributed by atoms with Gasteiger partial charge in [0.15, 0.2) is 0 Å². The first kappa shape index (κ1) is 11.6. The zero-order valence-electron chi connectivity index (χ0n) is 9.74. The van der Waals surface area contributed by atoms with E-state index in [1.807, 2.05) is 52.2 Å². The highest BCUT2D eigenvalue weighted by Crippen LogP contribution is 2.11. The summed E-state index contributed by atoms with van der Waals surface area (Å²) in [6.07, 6.45) is 0. The van der Waals surface area contributed by atoms with Crippen molar-refractivity contribution in [2.45, 2.75) is 19.9 Å². The molecule has 0 saturated heterocycles. The molecule has 0 aliphatic heterocycles. The molecular formula is C12H18N2O. The van der Waals surface area contributed by atoms with E-state index in [0.717, 1.165) is 11.3 Å². The summed E-state index contributed by atoms with van der Waals surface area (Å²) >= 11 is 0. The predicted molar refractivity (Wildman–Crippen MR) is 63.2 cm³/mol. The van der Waals surface area contributed by atoms with Crippen molar-refractivity contribution >= 4 is 11.6 Å². The number of nitrogens with one attached hydrogen (secondary N) is 1. The Balaban J connectivity index is 2.83. The van der Waals surface area contributed by atoms with Crippen molar-refractivity contribution in [2.24, 2.45) is 0 Å². The highest BCUT2D eigenvalue weighted by Gasteiger charge is 2.13. The lowest BCUT2D eigenvalue weighted by Gasteiger charge is -2.21. The first-order valence-electron chi connectivity index (χ1n) is 5.11. The number of carbonyl (C=O) groups is 1. The molecular weight excluding hydrogens is 188 g/mol. The second kappa shape index (κ2) is 4.82. The van der Waals surface area contributed by atoms with E-state index >= 15 is 0 Å². The van der Waals surface area contributed by atoms with Crippen molar-refractivity contribution < 1.29 is 4.79 Å². The Morgan fingerprint density at radius 1 is 1.27 bits per heavy atom. The lowest BCUT2D eigenvalue weighted by Crippen LogP contribution is -2.32. The lowest BCUT2D eigenvalue weighted by molar-refractivity contribution is 0.0755. The van der Waals surface area contributed by atoms with E-state index in [9.17, 15) is 4.79 Å². The van der Waals surface area contributed by atoms with Crippen molar-refractivity contribution in [1.82, 2.24) is 4.90 Å². The lowest BCUT2D eigenvalue weighted by atomic mass is 10.1. The van der Waals surface area contributed by atoms with Crippen molar-refractivity contribution in [3.8, 4) is 0 Å². The molecule has 0 radical (unpaired) electrons. The third-order valence-electron chi connectivity index (χ3n) is 2.52. The molecule has 0 atom stereocenters. The van der Waals surface area contributed by atoms with Crippen LogP contribution in [0.3, 0.4) is 0 Å². The van der Waals surface area contributed by atoms with Gasteiger partial charge in [-0.25, -0.2) is 0 Å². The van der Waals surface area contributed by atoms with E-state index in [2.05, 4.69) is 5.32 Å². The molecule has 0 fully saturated rings. The van der Waals surface area contributed by atoms with E-state index < -0.39 is 0 Å². The molecule has 1 N–H and O–H groups in total. The minimum atomic E-state index is 0.0626. The zero-order chi connectivity index (χ0) is 11.4. The Kier molecular flexibility index (Phi) is 3.72. The summed E-state index contributed by atoms with van der Waals surface area (Å²) in [5.41, 5.74) is 1.74. The number of amides is 1. The monoisotopic (exact) mass is 206 g/mol. The fourth-order valence-electron chi connectivity index (χ4n) is 1.22. The van der Waals surface area contributed by atoms with Gasteiger partial charge in [0.05, 0.1) is 0 Å². The van der Waals surface area contributed by atoms with Gasteiger partial charge in [0.2, 0.25) is 0 Å². The smallest absolute Gasteiger partial charge is 0.253 e. The summed E-state index contributed by atoms with van der Waals surface area (Å²) in [5.74, 6) is 0.0626. The quantitative estimate of drug-likeness (QED) is 0.822. The summed E-state index contributed by atoms with van der Waals surface area (Å²) in [6, 6.07) is 7.71. The van der Waals surface area contributed by atoms with Crippen molar-refractivity contribution in [3.63, 3.8) is 0 Å². The van der Waals surface area contributed by atoms with E-state index in [1.165, 1.54) is 0 Å². The van der Waals surface area contributed by atoms with Gasteiger partial charge in [-0.2, -0.15) is 0 Å². The molecule has 1 rings (SSSR count). The molecule has 3 nitrogen and oxygen atoms in total. The van der Waals surface area contributed by atoms with Crippen LogP contribution in [-0.4, -0.2) is 30.9 Å². The average Bonchev–Trinajstić information content (AvgIpc) is 2.27. The largest absolute Gasteiger partial charge is 0.388 e. The number of carbonyl (C=O) groups excluding carboxylic acids is 1. The number of anilines is 1. The van der Waals surface area contributed by atoms with Gasteiger partial charge < -0.3 is 10.2 Å². The molecule has 82 valence electrons. The Morgan fingerprint density at radius 3 is 2.20 bits per heavy atom. The Hall–Kier alpha value is -1.51. The third kappa shape index (κ3) is 2.72. The first-order valence-corrected chi connectivity index (χ1v) is 5.11. The number of nitrogens with zero attached hydrogens (tertiary/aromatic N) is 1. The van der Waals surface area contributed by atoms with Gasteiger partial charge in [0, 0.05) is 31.4 Å². The SMILES string of the molecule is CNc1ccc(C(=O)N(C)C(C)C)cc1. The molecule has 1 aromatic rings. The molecule has 15 heavy (non-hydrogen) atoms. The Bertz CT molecular complexity index is 330. The van der Waals surface area contributed by atoms with Crippen LogP contribution in [0, 0.1) is 0 Å². The van der Waals surface area contributed by atoms with Gasteiger partial charge >= 0.3 is 0 Å². The van der Waals surface area contributed by atoms with Crippen molar-refractivity contribution in [1.29, 1.82) is 0 Å².